The van der Waals surface area contributed by atoms with Crippen molar-refractivity contribution in [2.24, 2.45) is 11.3 Å². The van der Waals surface area contributed by atoms with Crippen LogP contribution in [0.1, 0.15) is 66.5 Å². The van der Waals surface area contributed by atoms with Gasteiger partial charge in [-0.2, -0.15) is 0 Å². The summed E-state index contributed by atoms with van der Waals surface area (Å²) in [6.07, 6.45) is 1.59. The number of likely N-dealkylation sites (N-methyl/N-ethyl adjacent to an activating group) is 2. The Morgan fingerprint density at radius 2 is 1.54 bits per heavy atom. The Morgan fingerprint density at radius 3 is 2.04 bits per heavy atom. The van der Waals surface area contributed by atoms with Gasteiger partial charge >= 0.3 is 0 Å². The van der Waals surface area contributed by atoms with Crippen molar-refractivity contribution in [2.45, 2.75) is 90.7 Å². The van der Waals surface area contributed by atoms with E-state index in [1.165, 1.54) is 24.0 Å². The molecule has 0 unspecified atom stereocenters. The van der Waals surface area contributed by atoms with Gasteiger partial charge in [0.2, 0.25) is 11.8 Å². The Bertz CT molecular complexity index is 1520. The number of hydrogen-bond donors (Lipinski definition) is 3. The van der Waals surface area contributed by atoms with Gasteiger partial charge < -0.3 is 20.3 Å². The van der Waals surface area contributed by atoms with Gasteiger partial charge in [-0.3, -0.25) is 14.4 Å². The van der Waals surface area contributed by atoms with E-state index in [9.17, 15) is 22.8 Å². The molecule has 0 saturated carbocycles. The SMILES string of the molecule is CN[C@H](C(=O)N[C@H](C(=O)N(C)[C@H](/C=C(\C)C(=O)NS(=O)(=O)c1ccc(C)cc1)C(C)C)C(C)(C)C)C(C)(C)c1cccc(OC)c1. The first-order chi connectivity index (χ1) is 21.2. The second-order valence-electron chi connectivity index (χ2n) is 13.8. The summed E-state index contributed by atoms with van der Waals surface area (Å²) in [5.41, 5.74) is 0.581. The van der Waals surface area contributed by atoms with Crippen molar-refractivity contribution in [3.63, 3.8) is 0 Å². The molecule has 254 valence electrons. The van der Waals surface area contributed by atoms with Crippen LogP contribution in [0.3, 0.4) is 0 Å². The van der Waals surface area contributed by atoms with Crippen LogP contribution >= 0.6 is 0 Å². The van der Waals surface area contributed by atoms with Crippen LogP contribution in [0.2, 0.25) is 0 Å². The molecule has 46 heavy (non-hydrogen) atoms. The molecule has 0 spiro atoms. The molecule has 0 bridgehead atoms. The predicted molar refractivity (Wildman–Crippen MR) is 182 cm³/mol. The molecular formula is C35H52N4O6S. The van der Waals surface area contributed by atoms with Crippen LogP contribution in [0.15, 0.2) is 65.1 Å². The average Bonchev–Trinajstić information content (AvgIpc) is 2.97. The molecule has 3 atom stereocenters. The molecule has 2 aromatic rings. The molecule has 0 aliphatic heterocycles. The molecule has 0 fully saturated rings. The van der Waals surface area contributed by atoms with Gasteiger partial charge in [-0.1, -0.05) is 84.4 Å². The maximum atomic E-state index is 14.1. The highest BCUT2D eigenvalue weighted by atomic mass is 32.2. The van der Waals surface area contributed by atoms with Gasteiger partial charge in [-0.25, -0.2) is 13.1 Å². The maximum absolute atomic E-state index is 14.1. The van der Waals surface area contributed by atoms with Crippen molar-refractivity contribution < 1.29 is 27.5 Å². The van der Waals surface area contributed by atoms with Gasteiger partial charge in [-0.15, -0.1) is 0 Å². The van der Waals surface area contributed by atoms with Gasteiger partial charge in [0, 0.05) is 18.0 Å². The highest BCUT2D eigenvalue weighted by Crippen LogP contribution is 2.31. The summed E-state index contributed by atoms with van der Waals surface area (Å²) in [5, 5.41) is 6.15. The van der Waals surface area contributed by atoms with Crippen LogP contribution in [0.5, 0.6) is 5.75 Å². The topological polar surface area (TPSA) is 134 Å². The summed E-state index contributed by atoms with van der Waals surface area (Å²) in [4.78, 5) is 42.5. The third-order valence-electron chi connectivity index (χ3n) is 8.30. The van der Waals surface area contributed by atoms with Crippen LogP contribution in [0.4, 0.5) is 0 Å². The Kier molecular flexibility index (Phi) is 12.8. The first-order valence-corrected chi connectivity index (χ1v) is 16.9. The van der Waals surface area contributed by atoms with E-state index in [4.69, 9.17) is 4.74 Å². The van der Waals surface area contributed by atoms with Crippen molar-refractivity contribution in [1.82, 2.24) is 20.3 Å². The van der Waals surface area contributed by atoms with Crippen LogP contribution in [-0.4, -0.2) is 70.4 Å². The van der Waals surface area contributed by atoms with Crippen LogP contribution in [0, 0.1) is 18.3 Å². The fourth-order valence-corrected chi connectivity index (χ4v) is 6.31. The molecule has 11 heteroatoms. The van der Waals surface area contributed by atoms with E-state index in [2.05, 4.69) is 15.4 Å². The molecule has 0 aliphatic carbocycles. The molecule has 3 N–H and O–H groups in total. The molecule has 10 nitrogen and oxygen atoms in total. The number of amides is 3. The van der Waals surface area contributed by atoms with Crippen LogP contribution < -0.4 is 20.1 Å². The predicted octanol–water partition coefficient (Wildman–Crippen LogP) is 4.33. The van der Waals surface area contributed by atoms with Crippen LogP contribution in [0.25, 0.3) is 0 Å². The first-order valence-electron chi connectivity index (χ1n) is 15.4. The summed E-state index contributed by atoms with van der Waals surface area (Å²) in [6.45, 7) is 16.7. The minimum absolute atomic E-state index is 0.0230. The third-order valence-corrected chi connectivity index (χ3v) is 9.65. The van der Waals surface area contributed by atoms with E-state index >= 15 is 0 Å². The standard InChI is InChI=1S/C35H52N4O6S/c1-22(2)28(20-24(4)31(40)38-46(43,44)27-18-16-23(3)17-19-27)39(11)33(42)30(34(5,6)7)37-32(41)29(36-10)35(8,9)25-14-13-15-26(21-25)45-12/h13-22,28-30,36H,1-12H3,(H,37,41)(H,38,40)/b24-20+/t28-,29-,30-/m1/s1. The lowest BCUT2D eigenvalue weighted by Crippen LogP contribution is -2.61. The second-order valence-corrected chi connectivity index (χ2v) is 15.4. The average molecular weight is 657 g/mol. The monoisotopic (exact) mass is 656 g/mol. The number of methoxy groups -OCH3 is 1. The highest BCUT2D eigenvalue weighted by Gasteiger charge is 2.41. The van der Waals surface area contributed by atoms with Crippen molar-refractivity contribution in [2.75, 3.05) is 21.2 Å². The Morgan fingerprint density at radius 1 is 0.957 bits per heavy atom. The van der Waals surface area contributed by atoms with E-state index in [0.29, 0.717) is 5.75 Å². The lowest BCUT2D eigenvalue weighted by molar-refractivity contribution is -0.140. The summed E-state index contributed by atoms with van der Waals surface area (Å²) < 4.78 is 33.2. The number of sulfonamides is 1. The number of ether oxygens (including phenoxy) is 1. The second kappa shape index (κ2) is 15.3. The number of carbonyl (C=O) groups excluding carboxylic acids is 3. The zero-order chi connectivity index (χ0) is 35.2. The molecule has 0 aliphatic rings. The van der Waals surface area contributed by atoms with Gasteiger partial charge in [-0.05, 0) is 62.1 Å². The van der Waals surface area contributed by atoms with E-state index in [1.807, 2.05) is 79.7 Å². The van der Waals surface area contributed by atoms with Gasteiger partial charge in [0.25, 0.3) is 15.9 Å². The Hall–Kier alpha value is -3.70. The molecule has 0 radical (unpaired) electrons. The molecule has 0 heterocycles. The Labute approximate surface area is 275 Å². The minimum atomic E-state index is -4.09. The lowest BCUT2D eigenvalue weighted by Gasteiger charge is -2.40. The Balaban J connectivity index is 2.35. The van der Waals surface area contributed by atoms with Crippen molar-refractivity contribution in [3.05, 3.63) is 71.3 Å². The van der Waals surface area contributed by atoms with Gasteiger partial charge in [0.15, 0.2) is 0 Å². The van der Waals surface area contributed by atoms with E-state index < -0.39 is 44.9 Å². The maximum Gasteiger partial charge on any atom is 0.264 e. The summed E-state index contributed by atoms with van der Waals surface area (Å²) in [5.74, 6) is -0.936. The largest absolute Gasteiger partial charge is 0.497 e. The molecule has 2 rings (SSSR count). The van der Waals surface area contributed by atoms with E-state index in [-0.39, 0.29) is 28.2 Å². The number of nitrogens with one attached hydrogen (secondary N) is 3. The fraction of sp³-hybridized carbons (Fsp3) is 0.514. The van der Waals surface area contributed by atoms with Gasteiger partial charge in [0.05, 0.1) is 24.1 Å². The normalized spacial score (nSPS) is 14.7. The number of nitrogens with zero attached hydrogens (tertiary/aromatic N) is 1. The van der Waals surface area contributed by atoms with Gasteiger partial charge in [0.1, 0.15) is 11.8 Å². The fourth-order valence-electron chi connectivity index (χ4n) is 5.30. The van der Waals surface area contributed by atoms with Crippen LogP contribution in [-0.2, 0) is 29.8 Å². The minimum Gasteiger partial charge on any atom is -0.497 e. The molecule has 2 aromatic carbocycles. The molecular weight excluding hydrogens is 604 g/mol. The zero-order valence-electron chi connectivity index (χ0n) is 29.3. The van der Waals surface area contributed by atoms with E-state index in [1.54, 1.807) is 39.4 Å². The number of carbonyl (C=O) groups is 3. The summed E-state index contributed by atoms with van der Waals surface area (Å²) in [6, 6.07) is 11.5. The zero-order valence-corrected chi connectivity index (χ0v) is 30.1. The van der Waals surface area contributed by atoms with E-state index in [0.717, 1.165) is 11.1 Å². The smallest absolute Gasteiger partial charge is 0.264 e. The summed E-state index contributed by atoms with van der Waals surface area (Å²) >= 11 is 0. The molecule has 0 aromatic heterocycles. The van der Waals surface area contributed by atoms with Crippen molar-refractivity contribution >= 4 is 27.7 Å². The van der Waals surface area contributed by atoms with Crippen molar-refractivity contribution in [1.29, 1.82) is 0 Å². The van der Waals surface area contributed by atoms with Crippen molar-refractivity contribution in [3.8, 4) is 5.75 Å². The molecule has 0 saturated heterocycles. The number of hydrogen-bond acceptors (Lipinski definition) is 7. The number of rotatable bonds is 13. The summed E-state index contributed by atoms with van der Waals surface area (Å²) in [7, 11) is 0.830. The highest BCUT2D eigenvalue weighted by molar-refractivity contribution is 7.90. The quantitative estimate of drug-likeness (QED) is 0.273. The third kappa shape index (κ3) is 9.42. The number of benzene rings is 2. The number of aryl methyl sites for hydroxylation is 1. The lowest BCUT2D eigenvalue weighted by atomic mass is 9.76. The molecule has 3 amide bonds. The first kappa shape index (κ1) is 38.5.